The van der Waals surface area contributed by atoms with E-state index >= 15 is 0 Å². The summed E-state index contributed by atoms with van der Waals surface area (Å²) in [5, 5.41) is 0. The number of aromatic nitrogens is 1. The summed E-state index contributed by atoms with van der Waals surface area (Å²) in [6, 6.07) is 13.4. The van der Waals surface area contributed by atoms with Crippen LogP contribution in [-0.4, -0.2) is 0 Å². The highest BCUT2D eigenvalue weighted by Gasteiger charge is 2.09. The van der Waals surface area contributed by atoms with Crippen molar-refractivity contribution in [3.8, 4) is 0 Å². The Balaban J connectivity index is 1.81. The summed E-state index contributed by atoms with van der Waals surface area (Å²) in [7, 11) is 0. The lowest BCUT2D eigenvalue weighted by atomic mass is 10.0. The number of hydrogen-bond acceptors (Lipinski definition) is 0. The highest BCUT2D eigenvalue weighted by molar-refractivity contribution is 5.17. The maximum Gasteiger partial charge on any atom is 0.173 e. The summed E-state index contributed by atoms with van der Waals surface area (Å²) in [4.78, 5) is 0. The molecule has 0 saturated heterocycles. The molecule has 1 nitrogen and oxygen atoms in total. The number of benzene rings is 1. The second kappa shape index (κ2) is 18.8. The van der Waals surface area contributed by atoms with Gasteiger partial charge in [0, 0.05) is 16.7 Å². The van der Waals surface area contributed by atoms with Crippen molar-refractivity contribution >= 4 is 0 Å². The topological polar surface area (TPSA) is 3.88 Å². The van der Waals surface area contributed by atoms with Gasteiger partial charge < -0.3 is 0 Å². The SMILES string of the molecule is CCCCCCCCCCc1cc(CCCCCCCCCC)c[n+](Cc2ccccc2)c1. The smallest absolute Gasteiger partial charge is 0.173 e. The van der Waals surface area contributed by atoms with Crippen LogP contribution in [0.2, 0.25) is 0 Å². The zero-order valence-corrected chi connectivity index (χ0v) is 22.0. The molecular formula is C32H52N+. The van der Waals surface area contributed by atoms with Crippen LogP contribution in [0.3, 0.4) is 0 Å². The minimum atomic E-state index is 0.983. The van der Waals surface area contributed by atoms with Gasteiger partial charge in [-0.05, 0) is 31.7 Å². The van der Waals surface area contributed by atoms with Crippen molar-refractivity contribution in [3.05, 3.63) is 65.5 Å². The van der Waals surface area contributed by atoms with E-state index in [4.69, 9.17) is 0 Å². The van der Waals surface area contributed by atoms with Crippen molar-refractivity contribution in [2.24, 2.45) is 0 Å². The molecule has 0 fully saturated rings. The number of aryl methyl sites for hydroxylation is 2. The maximum absolute atomic E-state index is 2.50. The van der Waals surface area contributed by atoms with Gasteiger partial charge in [-0.15, -0.1) is 0 Å². The third-order valence-electron chi connectivity index (χ3n) is 6.88. The van der Waals surface area contributed by atoms with Gasteiger partial charge in [0.05, 0.1) is 0 Å². The number of rotatable bonds is 20. The van der Waals surface area contributed by atoms with E-state index in [-0.39, 0.29) is 0 Å². The average molecular weight is 451 g/mol. The molecule has 0 bridgehead atoms. The van der Waals surface area contributed by atoms with E-state index in [0.29, 0.717) is 0 Å². The summed E-state index contributed by atoms with van der Waals surface area (Å²) in [6.07, 6.45) is 29.6. The zero-order valence-electron chi connectivity index (χ0n) is 22.0. The Labute approximate surface area is 206 Å². The van der Waals surface area contributed by atoms with E-state index in [0.717, 1.165) is 6.54 Å². The molecule has 2 aromatic rings. The minimum absolute atomic E-state index is 0.983. The van der Waals surface area contributed by atoms with Crippen LogP contribution in [0.15, 0.2) is 48.8 Å². The van der Waals surface area contributed by atoms with Crippen LogP contribution < -0.4 is 4.57 Å². The van der Waals surface area contributed by atoms with Crippen LogP contribution in [0.4, 0.5) is 0 Å². The molecule has 0 radical (unpaired) electrons. The van der Waals surface area contributed by atoms with Crippen LogP contribution >= 0.6 is 0 Å². The monoisotopic (exact) mass is 450 g/mol. The fourth-order valence-electron chi connectivity index (χ4n) is 4.86. The molecule has 1 heterocycles. The molecule has 33 heavy (non-hydrogen) atoms. The van der Waals surface area contributed by atoms with Crippen LogP contribution in [0.1, 0.15) is 133 Å². The number of unbranched alkanes of at least 4 members (excludes halogenated alkanes) is 14. The molecule has 0 aliphatic rings. The Bertz CT molecular complexity index is 667. The largest absolute Gasteiger partial charge is 0.200 e. The number of hydrogen-bond donors (Lipinski definition) is 0. The third kappa shape index (κ3) is 13.6. The molecule has 1 aromatic carbocycles. The van der Waals surface area contributed by atoms with Gasteiger partial charge in [0.1, 0.15) is 0 Å². The van der Waals surface area contributed by atoms with Crippen molar-refractivity contribution in [1.82, 2.24) is 0 Å². The quantitative estimate of drug-likeness (QED) is 0.140. The normalized spacial score (nSPS) is 11.2. The summed E-state index contributed by atoms with van der Waals surface area (Å²) in [6.45, 7) is 5.58. The van der Waals surface area contributed by atoms with Crippen molar-refractivity contribution < 1.29 is 4.57 Å². The second-order valence-electron chi connectivity index (χ2n) is 10.2. The van der Waals surface area contributed by atoms with Crippen molar-refractivity contribution in [2.75, 3.05) is 0 Å². The lowest BCUT2D eigenvalue weighted by Gasteiger charge is -2.07. The standard InChI is InChI=1S/C32H52N/c1-3-5-7-9-11-13-15-18-24-31-26-32(25-19-16-14-12-10-8-6-4-2)29-33(28-31)27-30-22-20-17-21-23-30/h17,20-23,26,28-29H,3-16,18-19,24-25,27H2,1-2H3/q+1. The van der Waals surface area contributed by atoms with Gasteiger partial charge in [-0.25, -0.2) is 4.57 Å². The molecule has 184 valence electrons. The van der Waals surface area contributed by atoms with E-state index in [1.165, 1.54) is 132 Å². The Morgan fingerprint density at radius 3 is 1.36 bits per heavy atom. The summed E-state index contributed by atoms with van der Waals surface area (Å²) < 4.78 is 2.44. The molecule has 1 aromatic heterocycles. The van der Waals surface area contributed by atoms with Crippen LogP contribution in [0.25, 0.3) is 0 Å². The Morgan fingerprint density at radius 2 is 0.909 bits per heavy atom. The molecular weight excluding hydrogens is 398 g/mol. The Morgan fingerprint density at radius 1 is 0.485 bits per heavy atom. The first-order valence-corrected chi connectivity index (χ1v) is 14.4. The van der Waals surface area contributed by atoms with Gasteiger partial charge in [0.25, 0.3) is 0 Å². The molecule has 2 rings (SSSR count). The summed E-state index contributed by atoms with van der Waals surface area (Å²) in [5.41, 5.74) is 4.47. The van der Waals surface area contributed by atoms with Crippen molar-refractivity contribution in [2.45, 2.75) is 136 Å². The molecule has 0 spiro atoms. The van der Waals surface area contributed by atoms with Crippen molar-refractivity contribution in [1.29, 1.82) is 0 Å². The van der Waals surface area contributed by atoms with E-state index in [1.807, 2.05) is 0 Å². The molecule has 0 atom stereocenters. The van der Waals surface area contributed by atoms with Gasteiger partial charge in [0.2, 0.25) is 0 Å². The van der Waals surface area contributed by atoms with E-state index < -0.39 is 0 Å². The van der Waals surface area contributed by atoms with E-state index in [2.05, 4.69) is 67.2 Å². The lowest BCUT2D eigenvalue weighted by molar-refractivity contribution is -0.689. The fraction of sp³-hybridized carbons (Fsp3) is 0.656. The summed E-state index contributed by atoms with van der Waals surface area (Å²) >= 11 is 0. The lowest BCUT2D eigenvalue weighted by Crippen LogP contribution is -2.35. The minimum Gasteiger partial charge on any atom is -0.200 e. The predicted molar refractivity (Wildman–Crippen MR) is 145 cm³/mol. The van der Waals surface area contributed by atoms with E-state index in [9.17, 15) is 0 Å². The molecule has 0 amide bonds. The molecule has 1 heteroatoms. The highest BCUT2D eigenvalue weighted by Crippen LogP contribution is 2.14. The summed E-state index contributed by atoms with van der Waals surface area (Å²) in [5.74, 6) is 0. The first-order valence-electron chi connectivity index (χ1n) is 14.4. The van der Waals surface area contributed by atoms with Gasteiger partial charge in [-0.3, -0.25) is 0 Å². The second-order valence-corrected chi connectivity index (χ2v) is 10.2. The van der Waals surface area contributed by atoms with Crippen LogP contribution in [-0.2, 0) is 19.4 Å². The van der Waals surface area contributed by atoms with Gasteiger partial charge in [-0.1, -0.05) is 134 Å². The van der Waals surface area contributed by atoms with Crippen LogP contribution in [0, 0.1) is 0 Å². The Hall–Kier alpha value is -1.63. The molecule has 0 aliphatic heterocycles. The fourth-order valence-corrected chi connectivity index (χ4v) is 4.86. The van der Waals surface area contributed by atoms with Gasteiger partial charge >= 0.3 is 0 Å². The predicted octanol–water partition coefficient (Wildman–Crippen LogP) is 9.39. The highest BCUT2D eigenvalue weighted by atomic mass is 14.9. The number of pyridine rings is 1. The Kier molecular flexibility index (Phi) is 15.7. The average Bonchev–Trinajstić information content (AvgIpc) is 2.83. The molecule has 0 unspecified atom stereocenters. The van der Waals surface area contributed by atoms with Crippen LogP contribution in [0.5, 0.6) is 0 Å². The molecule has 0 saturated carbocycles. The van der Waals surface area contributed by atoms with Crippen molar-refractivity contribution in [3.63, 3.8) is 0 Å². The van der Waals surface area contributed by atoms with Gasteiger partial charge in [0.15, 0.2) is 18.9 Å². The first kappa shape index (κ1) is 27.6. The maximum atomic E-state index is 2.50. The molecule has 0 N–H and O–H groups in total. The van der Waals surface area contributed by atoms with E-state index in [1.54, 1.807) is 0 Å². The third-order valence-corrected chi connectivity index (χ3v) is 6.88. The zero-order chi connectivity index (χ0) is 23.4. The van der Waals surface area contributed by atoms with Gasteiger partial charge in [-0.2, -0.15) is 0 Å². The first-order chi connectivity index (χ1) is 16.3. The number of nitrogens with zero attached hydrogens (tertiary/aromatic N) is 1. The molecule has 0 aliphatic carbocycles.